The molecule has 0 aromatic heterocycles. The molecule has 2 unspecified atom stereocenters. The first-order valence-electron chi connectivity index (χ1n) is 10.1. The van der Waals surface area contributed by atoms with Gasteiger partial charge in [0.25, 0.3) is 0 Å². The van der Waals surface area contributed by atoms with Crippen LogP contribution in [-0.2, 0) is 16.1 Å². The number of rotatable bonds is 9. The highest BCUT2D eigenvalue weighted by Gasteiger charge is 2.29. The van der Waals surface area contributed by atoms with Gasteiger partial charge in [0.2, 0.25) is 0 Å². The van der Waals surface area contributed by atoms with Crippen LogP contribution < -0.4 is 0 Å². The van der Waals surface area contributed by atoms with Crippen LogP contribution in [0.1, 0.15) is 62.5 Å². The third kappa shape index (κ3) is 4.90. The fraction of sp³-hybridized carbons (Fsp3) is 0.545. The van der Waals surface area contributed by atoms with E-state index in [4.69, 9.17) is 5.11 Å². The maximum Gasteiger partial charge on any atom is 0.303 e. The number of nitrogens with zero attached hydrogens (tertiary/aromatic N) is 2. The second-order valence-corrected chi connectivity index (χ2v) is 7.85. The predicted molar refractivity (Wildman–Crippen MR) is 105 cm³/mol. The molecule has 0 spiro atoms. The summed E-state index contributed by atoms with van der Waals surface area (Å²) < 4.78 is 0. The Labute approximate surface area is 161 Å². The van der Waals surface area contributed by atoms with Gasteiger partial charge in [-0.25, -0.2) is 0 Å². The van der Waals surface area contributed by atoms with E-state index in [0.717, 1.165) is 63.8 Å². The minimum atomic E-state index is -0.695. The molecule has 146 valence electrons. The van der Waals surface area contributed by atoms with E-state index in [-0.39, 0.29) is 12.3 Å². The number of allylic oxidation sites excluding steroid dienone is 1. The van der Waals surface area contributed by atoms with Crippen LogP contribution in [0.2, 0.25) is 0 Å². The molecular weight excluding hydrogens is 340 g/mol. The second-order valence-electron chi connectivity index (χ2n) is 7.85. The third-order valence-corrected chi connectivity index (χ3v) is 5.81. The van der Waals surface area contributed by atoms with Crippen LogP contribution in [0.5, 0.6) is 0 Å². The van der Waals surface area contributed by atoms with Crippen molar-refractivity contribution in [2.45, 2.75) is 57.9 Å². The molecule has 5 nitrogen and oxygen atoms in total. The first kappa shape index (κ1) is 19.5. The highest BCUT2D eigenvalue weighted by molar-refractivity contribution is 5.72. The topological polar surface area (TPSA) is 60.9 Å². The Morgan fingerprint density at radius 2 is 2.11 bits per heavy atom. The number of unbranched alkanes of at least 4 members (excludes halogenated alkanes) is 1. The molecule has 1 heterocycles. The number of benzene rings is 1. The quantitative estimate of drug-likeness (QED) is 0.667. The second kappa shape index (κ2) is 9.07. The smallest absolute Gasteiger partial charge is 0.303 e. The van der Waals surface area contributed by atoms with E-state index < -0.39 is 5.97 Å². The van der Waals surface area contributed by atoms with Crippen LogP contribution >= 0.6 is 0 Å². The van der Waals surface area contributed by atoms with Crippen LogP contribution in [0.4, 0.5) is 0 Å². The molecule has 1 N–H and O–H groups in total. The Morgan fingerprint density at radius 3 is 2.85 bits per heavy atom. The highest BCUT2D eigenvalue weighted by atomic mass is 16.4. The van der Waals surface area contributed by atoms with Gasteiger partial charge in [0.05, 0.1) is 12.4 Å². The molecule has 5 heteroatoms. The van der Waals surface area contributed by atoms with E-state index in [0.29, 0.717) is 5.92 Å². The van der Waals surface area contributed by atoms with Gasteiger partial charge in [-0.2, -0.15) is 0 Å². The van der Waals surface area contributed by atoms with Crippen molar-refractivity contribution >= 4 is 12.3 Å². The lowest BCUT2D eigenvalue weighted by molar-refractivity contribution is -0.138. The number of aliphatic carboxylic acids is 1. The Kier molecular flexibility index (Phi) is 6.54. The Balaban J connectivity index is 1.69. The molecule has 1 saturated carbocycles. The average molecular weight is 370 g/mol. The van der Waals surface area contributed by atoms with E-state index in [2.05, 4.69) is 41.0 Å². The third-order valence-electron chi connectivity index (χ3n) is 5.81. The van der Waals surface area contributed by atoms with E-state index in [1.165, 1.54) is 11.1 Å². The molecular formula is C22H30N2O3. The minimum absolute atomic E-state index is 0.273. The van der Waals surface area contributed by atoms with Gasteiger partial charge in [-0.3, -0.25) is 9.59 Å². The highest BCUT2D eigenvalue weighted by Crippen LogP contribution is 2.41. The van der Waals surface area contributed by atoms with Gasteiger partial charge < -0.3 is 14.9 Å². The molecule has 27 heavy (non-hydrogen) atoms. The molecule has 1 aliphatic heterocycles. The number of carbonyl (C=O) groups is 2. The number of carboxylic acid groups (broad SMARTS) is 1. The molecule has 2 aliphatic rings. The van der Waals surface area contributed by atoms with Gasteiger partial charge in [0, 0.05) is 25.7 Å². The zero-order valence-electron chi connectivity index (χ0n) is 16.1. The van der Waals surface area contributed by atoms with Gasteiger partial charge in [-0.05, 0) is 48.6 Å². The maximum atomic E-state index is 11.5. The van der Waals surface area contributed by atoms with Crippen molar-refractivity contribution in [2.75, 3.05) is 13.2 Å². The van der Waals surface area contributed by atoms with Crippen molar-refractivity contribution in [1.82, 2.24) is 9.80 Å². The van der Waals surface area contributed by atoms with Crippen molar-refractivity contribution in [3.63, 3.8) is 0 Å². The first-order valence-corrected chi connectivity index (χ1v) is 10.1. The fourth-order valence-electron chi connectivity index (χ4n) is 4.43. The van der Waals surface area contributed by atoms with E-state index in [1.807, 2.05) is 6.20 Å². The lowest BCUT2D eigenvalue weighted by atomic mass is 9.91. The van der Waals surface area contributed by atoms with Crippen molar-refractivity contribution < 1.29 is 14.7 Å². The van der Waals surface area contributed by atoms with Gasteiger partial charge in [0.15, 0.2) is 6.29 Å². The predicted octanol–water partition coefficient (Wildman–Crippen LogP) is 3.96. The van der Waals surface area contributed by atoms with Crippen LogP contribution in [-0.4, -0.2) is 40.4 Å². The Morgan fingerprint density at radius 1 is 1.30 bits per heavy atom. The minimum Gasteiger partial charge on any atom is -0.481 e. The van der Waals surface area contributed by atoms with Crippen LogP contribution in [0.3, 0.4) is 0 Å². The summed E-state index contributed by atoms with van der Waals surface area (Å²) in [7, 11) is 0. The molecule has 0 radical (unpaired) electrons. The van der Waals surface area contributed by atoms with Gasteiger partial charge in [-0.15, -0.1) is 0 Å². The summed E-state index contributed by atoms with van der Waals surface area (Å²) in [5.41, 5.74) is 3.32. The van der Waals surface area contributed by atoms with Crippen molar-refractivity contribution in [3.05, 3.63) is 47.3 Å². The van der Waals surface area contributed by atoms with Crippen LogP contribution in [0, 0.1) is 5.92 Å². The summed E-state index contributed by atoms with van der Waals surface area (Å²) in [5.74, 6) is 0.00857. The summed E-state index contributed by atoms with van der Waals surface area (Å²) in [6, 6.07) is 8.45. The number of carboxylic acids is 1. The van der Waals surface area contributed by atoms with Crippen LogP contribution in [0.15, 0.2) is 36.2 Å². The molecule has 0 saturated heterocycles. The van der Waals surface area contributed by atoms with Crippen molar-refractivity contribution in [2.24, 2.45) is 5.92 Å². The Bertz CT molecular complexity index is 701. The lowest BCUT2D eigenvalue weighted by Crippen LogP contribution is -2.28. The summed E-state index contributed by atoms with van der Waals surface area (Å²) in [5, 5.41) is 9.07. The first-order chi connectivity index (χ1) is 13.1. The molecule has 0 bridgehead atoms. The number of hydrogen-bond acceptors (Lipinski definition) is 4. The van der Waals surface area contributed by atoms with Crippen molar-refractivity contribution in [3.8, 4) is 0 Å². The lowest BCUT2D eigenvalue weighted by Gasteiger charge is -2.25. The van der Waals surface area contributed by atoms with Gasteiger partial charge >= 0.3 is 5.97 Å². The SMILES string of the molecule is CCCCN1C=C(C=O)N(Cc2ccccc2C2CCC(CC(=O)O)C2)C1. The number of hydrogen-bond donors (Lipinski definition) is 1. The molecule has 2 atom stereocenters. The normalized spacial score (nSPS) is 22.2. The summed E-state index contributed by atoms with van der Waals surface area (Å²) in [6.07, 6.45) is 8.45. The van der Waals surface area contributed by atoms with Gasteiger partial charge in [0.1, 0.15) is 0 Å². The molecule has 1 aromatic carbocycles. The van der Waals surface area contributed by atoms with E-state index in [1.54, 1.807) is 0 Å². The summed E-state index contributed by atoms with van der Waals surface area (Å²) >= 11 is 0. The molecule has 1 fully saturated rings. The van der Waals surface area contributed by atoms with E-state index >= 15 is 0 Å². The Hall–Kier alpha value is -2.30. The fourth-order valence-corrected chi connectivity index (χ4v) is 4.43. The molecule has 3 rings (SSSR count). The zero-order valence-corrected chi connectivity index (χ0v) is 16.1. The van der Waals surface area contributed by atoms with Crippen molar-refractivity contribution in [1.29, 1.82) is 0 Å². The van der Waals surface area contributed by atoms with E-state index in [9.17, 15) is 9.59 Å². The molecule has 1 aliphatic carbocycles. The summed E-state index contributed by atoms with van der Waals surface area (Å²) in [4.78, 5) is 26.9. The largest absolute Gasteiger partial charge is 0.481 e. The molecule has 1 aromatic rings. The molecule has 0 amide bonds. The van der Waals surface area contributed by atoms with Crippen LogP contribution in [0.25, 0.3) is 0 Å². The van der Waals surface area contributed by atoms with Gasteiger partial charge in [-0.1, -0.05) is 37.6 Å². The zero-order chi connectivity index (χ0) is 19.2. The number of carbonyl (C=O) groups excluding carboxylic acids is 1. The average Bonchev–Trinajstić information content (AvgIpc) is 3.26. The monoisotopic (exact) mass is 370 g/mol. The summed E-state index contributed by atoms with van der Waals surface area (Å²) in [6.45, 7) is 4.64. The maximum absolute atomic E-state index is 11.5. The standard InChI is InChI=1S/C22H30N2O3/c1-2-3-10-23-14-20(15-25)24(16-23)13-19-6-4-5-7-21(19)18-9-8-17(11-18)12-22(26)27/h4-7,14-15,17-18H,2-3,8-13,16H2,1H3,(H,26,27). The number of aldehydes is 1.